The molecule has 0 amide bonds. The summed E-state index contributed by atoms with van der Waals surface area (Å²) in [4.78, 5) is 9.99. The van der Waals surface area contributed by atoms with Crippen molar-refractivity contribution in [3.05, 3.63) is 0 Å². The summed E-state index contributed by atoms with van der Waals surface area (Å²) in [6.45, 7) is 0. The van der Waals surface area contributed by atoms with Crippen LogP contribution in [-0.4, -0.2) is 30.0 Å². The van der Waals surface area contributed by atoms with E-state index in [1.54, 1.807) is 0 Å². The average Bonchev–Trinajstić information content (AvgIpc) is 1.69. The molecule has 1 unspecified atom stereocenters. The number of ether oxygens (including phenoxy) is 1. The highest BCUT2D eigenvalue weighted by Gasteiger charge is 2.12. The molecule has 4 heteroatoms. The standard InChI is InChI=1S/C4H8O3S/c1-7-3(2-8)4(5)6/h3,8H,2H2,1H3,(H,5,6). The maximum atomic E-state index is 9.99. The van der Waals surface area contributed by atoms with Crippen LogP contribution in [-0.2, 0) is 9.53 Å². The van der Waals surface area contributed by atoms with E-state index in [1.807, 2.05) is 0 Å². The number of carboxylic acids is 1. The third-order valence-corrected chi connectivity index (χ3v) is 1.06. The minimum atomic E-state index is -0.970. The van der Waals surface area contributed by atoms with Crippen molar-refractivity contribution in [1.29, 1.82) is 0 Å². The highest BCUT2D eigenvalue weighted by molar-refractivity contribution is 7.80. The molecule has 0 spiro atoms. The Labute approximate surface area is 53.1 Å². The number of carboxylic acid groups (broad SMARTS) is 1. The van der Waals surface area contributed by atoms with Crippen LogP contribution in [0.3, 0.4) is 0 Å². The zero-order valence-corrected chi connectivity index (χ0v) is 5.39. The largest absolute Gasteiger partial charge is 0.479 e. The fourth-order valence-electron chi connectivity index (χ4n) is 0.253. The predicted octanol–water partition coefficient (Wildman–Crippen LogP) is 0.0158. The molecule has 0 saturated carbocycles. The molecule has 1 atom stereocenters. The van der Waals surface area contributed by atoms with Crippen molar-refractivity contribution < 1.29 is 14.6 Å². The van der Waals surface area contributed by atoms with Gasteiger partial charge in [-0.2, -0.15) is 12.6 Å². The molecule has 0 rings (SSSR count). The first-order chi connectivity index (χ1) is 3.72. The predicted molar refractivity (Wildman–Crippen MR) is 32.3 cm³/mol. The molecule has 0 fully saturated rings. The minimum absolute atomic E-state index is 0.214. The van der Waals surface area contributed by atoms with Crippen molar-refractivity contribution in [2.75, 3.05) is 12.9 Å². The Balaban J connectivity index is 3.52. The van der Waals surface area contributed by atoms with E-state index in [-0.39, 0.29) is 5.75 Å². The number of hydrogen-bond acceptors (Lipinski definition) is 3. The molecule has 0 aliphatic heterocycles. The zero-order valence-electron chi connectivity index (χ0n) is 4.50. The number of aliphatic carboxylic acids is 1. The highest BCUT2D eigenvalue weighted by Crippen LogP contribution is 1.91. The van der Waals surface area contributed by atoms with Crippen LogP contribution in [0.5, 0.6) is 0 Å². The summed E-state index contributed by atoms with van der Waals surface area (Å²) in [5, 5.41) is 8.20. The highest BCUT2D eigenvalue weighted by atomic mass is 32.1. The monoisotopic (exact) mass is 136 g/mol. The van der Waals surface area contributed by atoms with Crippen molar-refractivity contribution in [2.45, 2.75) is 6.10 Å². The van der Waals surface area contributed by atoms with Gasteiger partial charge in [-0.3, -0.25) is 0 Å². The van der Waals surface area contributed by atoms with E-state index in [0.717, 1.165) is 0 Å². The van der Waals surface area contributed by atoms with Gasteiger partial charge in [-0.1, -0.05) is 0 Å². The van der Waals surface area contributed by atoms with Crippen LogP contribution in [0.4, 0.5) is 0 Å². The molecule has 0 radical (unpaired) electrons. The van der Waals surface area contributed by atoms with Crippen molar-refractivity contribution in [1.82, 2.24) is 0 Å². The van der Waals surface area contributed by atoms with E-state index >= 15 is 0 Å². The molecule has 48 valence electrons. The van der Waals surface area contributed by atoms with Gasteiger partial charge in [-0.15, -0.1) is 0 Å². The summed E-state index contributed by atoms with van der Waals surface area (Å²) in [6, 6.07) is 0. The molecule has 0 heterocycles. The normalized spacial score (nSPS) is 13.2. The van der Waals surface area contributed by atoms with Gasteiger partial charge in [0.2, 0.25) is 0 Å². The first kappa shape index (κ1) is 7.78. The van der Waals surface area contributed by atoms with Gasteiger partial charge in [-0.25, -0.2) is 4.79 Å². The SMILES string of the molecule is COC(CS)C(=O)O. The first-order valence-electron chi connectivity index (χ1n) is 2.08. The Morgan fingerprint density at radius 3 is 2.50 bits per heavy atom. The van der Waals surface area contributed by atoms with Gasteiger partial charge in [0.25, 0.3) is 0 Å². The maximum Gasteiger partial charge on any atom is 0.333 e. The van der Waals surface area contributed by atoms with Gasteiger partial charge >= 0.3 is 5.97 Å². The molecule has 0 aliphatic rings. The Hall–Kier alpha value is -0.220. The second kappa shape index (κ2) is 3.74. The first-order valence-corrected chi connectivity index (χ1v) is 2.72. The second-order valence-corrected chi connectivity index (χ2v) is 1.61. The Bertz CT molecular complexity index is 79.4. The summed E-state index contributed by atoms with van der Waals surface area (Å²) < 4.78 is 4.48. The Morgan fingerprint density at radius 2 is 2.50 bits per heavy atom. The van der Waals surface area contributed by atoms with E-state index in [2.05, 4.69) is 17.4 Å². The molecule has 0 bridgehead atoms. The van der Waals surface area contributed by atoms with E-state index in [1.165, 1.54) is 7.11 Å². The zero-order chi connectivity index (χ0) is 6.57. The summed E-state index contributed by atoms with van der Waals surface area (Å²) in [5.41, 5.74) is 0. The smallest absolute Gasteiger partial charge is 0.333 e. The van der Waals surface area contributed by atoms with Crippen LogP contribution >= 0.6 is 12.6 Å². The summed E-state index contributed by atoms with van der Waals surface area (Å²) >= 11 is 3.73. The van der Waals surface area contributed by atoms with Crippen LogP contribution in [0.15, 0.2) is 0 Å². The Kier molecular flexibility index (Phi) is 3.64. The van der Waals surface area contributed by atoms with Gasteiger partial charge < -0.3 is 9.84 Å². The van der Waals surface area contributed by atoms with Crippen LogP contribution < -0.4 is 0 Å². The molecular weight excluding hydrogens is 128 g/mol. The molecule has 1 N–H and O–H groups in total. The lowest BCUT2D eigenvalue weighted by molar-refractivity contribution is -0.146. The van der Waals surface area contributed by atoms with E-state index < -0.39 is 12.1 Å². The van der Waals surface area contributed by atoms with Gasteiger partial charge in [-0.05, 0) is 0 Å². The summed E-state index contributed by atoms with van der Waals surface area (Å²) in [7, 11) is 1.34. The lowest BCUT2D eigenvalue weighted by Gasteiger charge is -2.03. The second-order valence-electron chi connectivity index (χ2n) is 1.25. The van der Waals surface area contributed by atoms with Crippen LogP contribution in [0.25, 0.3) is 0 Å². The fraction of sp³-hybridized carbons (Fsp3) is 0.750. The van der Waals surface area contributed by atoms with Crippen molar-refractivity contribution >= 4 is 18.6 Å². The van der Waals surface area contributed by atoms with Crippen molar-refractivity contribution in [3.8, 4) is 0 Å². The third-order valence-electron chi connectivity index (χ3n) is 0.726. The maximum absolute atomic E-state index is 9.99. The quantitative estimate of drug-likeness (QED) is 0.537. The van der Waals surface area contributed by atoms with E-state index in [9.17, 15) is 4.79 Å². The van der Waals surface area contributed by atoms with Gasteiger partial charge in [0.15, 0.2) is 6.10 Å². The molecule has 0 aromatic rings. The fourth-order valence-corrected chi connectivity index (χ4v) is 0.559. The summed E-state index contributed by atoms with van der Waals surface area (Å²) in [6.07, 6.45) is -0.765. The molecule has 0 aromatic carbocycles. The molecule has 0 saturated heterocycles. The number of carbonyl (C=O) groups is 1. The average molecular weight is 136 g/mol. The van der Waals surface area contributed by atoms with Crippen molar-refractivity contribution in [2.24, 2.45) is 0 Å². The number of thiol groups is 1. The lowest BCUT2D eigenvalue weighted by Crippen LogP contribution is -2.23. The third kappa shape index (κ3) is 2.18. The van der Waals surface area contributed by atoms with Gasteiger partial charge in [0.1, 0.15) is 0 Å². The minimum Gasteiger partial charge on any atom is -0.479 e. The Morgan fingerprint density at radius 1 is 2.00 bits per heavy atom. The molecule has 0 aliphatic carbocycles. The topological polar surface area (TPSA) is 46.5 Å². The van der Waals surface area contributed by atoms with E-state index in [4.69, 9.17) is 5.11 Å². The molecule has 0 aromatic heterocycles. The molecule has 3 nitrogen and oxygen atoms in total. The number of rotatable bonds is 3. The number of methoxy groups -OCH3 is 1. The number of hydrogen-bond donors (Lipinski definition) is 2. The van der Waals surface area contributed by atoms with Gasteiger partial charge in [0.05, 0.1) is 0 Å². The summed E-state index contributed by atoms with van der Waals surface area (Å²) in [5.74, 6) is -0.756. The van der Waals surface area contributed by atoms with Crippen LogP contribution in [0, 0.1) is 0 Å². The molecule has 8 heavy (non-hydrogen) atoms. The van der Waals surface area contributed by atoms with E-state index in [0.29, 0.717) is 0 Å². The van der Waals surface area contributed by atoms with Crippen LogP contribution in [0.1, 0.15) is 0 Å². The lowest BCUT2D eigenvalue weighted by atomic mass is 10.4. The molecular formula is C4H8O3S. The van der Waals surface area contributed by atoms with Crippen molar-refractivity contribution in [3.63, 3.8) is 0 Å². The van der Waals surface area contributed by atoms with Crippen LogP contribution in [0.2, 0.25) is 0 Å². The van der Waals surface area contributed by atoms with Gasteiger partial charge in [0, 0.05) is 12.9 Å².